The molecule has 0 atom stereocenters. The molecule has 0 aliphatic rings. The van der Waals surface area contributed by atoms with Crippen molar-refractivity contribution in [1.82, 2.24) is 14.5 Å². The van der Waals surface area contributed by atoms with Crippen molar-refractivity contribution in [1.29, 1.82) is 0 Å². The van der Waals surface area contributed by atoms with Gasteiger partial charge in [-0.05, 0) is 11.6 Å². The Bertz CT molecular complexity index is 548. The summed E-state index contributed by atoms with van der Waals surface area (Å²) in [6, 6.07) is 4.05. The van der Waals surface area contributed by atoms with Crippen molar-refractivity contribution in [3.05, 3.63) is 35.7 Å². The van der Waals surface area contributed by atoms with Crippen LogP contribution in [-0.2, 0) is 22.6 Å². The van der Waals surface area contributed by atoms with E-state index in [9.17, 15) is 5.11 Å². The molecule has 2 heterocycles. The lowest BCUT2D eigenvalue weighted by Gasteiger charge is -2.22. The minimum Gasteiger partial charge on any atom is -0.392 e. The maximum absolute atomic E-state index is 9.46. The lowest BCUT2D eigenvalue weighted by Crippen LogP contribution is -2.30. The Kier molecular flexibility index (Phi) is 6.13. The Labute approximate surface area is 124 Å². The summed E-state index contributed by atoms with van der Waals surface area (Å²) in [5.41, 5.74) is 2.98. The zero-order chi connectivity index (χ0) is 15.1. The molecule has 2 aromatic heterocycles. The maximum Gasteiger partial charge on any atom is 0.0761 e. The molecule has 6 heteroatoms. The molecule has 6 nitrogen and oxygen atoms in total. The average molecular weight is 293 g/mol. The average Bonchev–Trinajstić information content (AvgIpc) is 2.94. The van der Waals surface area contributed by atoms with E-state index in [1.165, 1.54) is 0 Å². The smallest absolute Gasteiger partial charge is 0.0761 e. The van der Waals surface area contributed by atoms with Gasteiger partial charge in [-0.3, -0.25) is 4.90 Å². The SMILES string of the molecule is COCCN(CCOC)Cc1cccn2ncc(CO)c12. The van der Waals surface area contributed by atoms with Gasteiger partial charge in [-0.2, -0.15) is 5.10 Å². The molecule has 2 aromatic rings. The van der Waals surface area contributed by atoms with E-state index in [1.54, 1.807) is 20.4 Å². The zero-order valence-electron chi connectivity index (χ0n) is 12.7. The predicted molar refractivity (Wildman–Crippen MR) is 80.1 cm³/mol. The van der Waals surface area contributed by atoms with Crippen LogP contribution >= 0.6 is 0 Å². The first kappa shape index (κ1) is 15.9. The van der Waals surface area contributed by atoms with Crippen LogP contribution < -0.4 is 0 Å². The summed E-state index contributed by atoms with van der Waals surface area (Å²) in [6.07, 6.45) is 3.61. The van der Waals surface area contributed by atoms with Crippen LogP contribution in [0, 0.1) is 0 Å². The molecule has 0 fully saturated rings. The molecule has 1 N–H and O–H groups in total. The molecule has 2 rings (SSSR count). The van der Waals surface area contributed by atoms with Gasteiger partial charge in [-0.1, -0.05) is 6.07 Å². The molecule has 0 amide bonds. The molecule has 0 saturated carbocycles. The maximum atomic E-state index is 9.46. The van der Waals surface area contributed by atoms with Crippen LogP contribution in [0.4, 0.5) is 0 Å². The molecule has 116 valence electrons. The second-order valence-electron chi connectivity index (χ2n) is 4.92. The lowest BCUT2D eigenvalue weighted by molar-refractivity contribution is 0.110. The highest BCUT2D eigenvalue weighted by Gasteiger charge is 2.12. The molecular formula is C15H23N3O3. The quantitative estimate of drug-likeness (QED) is 0.745. The van der Waals surface area contributed by atoms with Crippen LogP contribution in [0.2, 0.25) is 0 Å². The molecule has 0 unspecified atom stereocenters. The van der Waals surface area contributed by atoms with Gasteiger partial charge in [0.1, 0.15) is 0 Å². The first-order valence-electron chi connectivity index (χ1n) is 7.05. The standard InChI is InChI=1S/C15H23N3O3/c1-20-8-6-17(7-9-21-2)11-13-4-3-5-18-15(13)14(12-19)10-16-18/h3-5,10,19H,6-9,11-12H2,1-2H3. The molecule has 0 aliphatic carbocycles. The second-order valence-corrected chi connectivity index (χ2v) is 4.92. The highest BCUT2D eigenvalue weighted by atomic mass is 16.5. The van der Waals surface area contributed by atoms with E-state index in [1.807, 2.05) is 16.8 Å². The van der Waals surface area contributed by atoms with Gasteiger partial charge in [-0.25, -0.2) is 4.52 Å². The minimum absolute atomic E-state index is 0.00332. The van der Waals surface area contributed by atoms with Gasteiger partial charge in [0.05, 0.1) is 31.5 Å². The molecule has 0 aromatic carbocycles. The fourth-order valence-corrected chi connectivity index (χ4v) is 2.38. The molecular weight excluding hydrogens is 270 g/mol. The summed E-state index contributed by atoms with van der Waals surface area (Å²) < 4.78 is 12.1. The van der Waals surface area contributed by atoms with Crippen LogP contribution in [0.5, 0.6) is 0 Å². The number of hydrogen-bond acceptors (Lipinski definition) is 5. The number of ether oxygens (including phenoxy) is 2. The lowest BCUT2D eigenvalue weighted by atomic mass is 10.1. The molecule has 21 heavy (non-hydrogen) atoms. The van der Waals surface area contributed by atoms with Crippen molar-refractivity contribution in [3.63, 3.8) is 0 Å². The van der Waals surface area contributed by atoms with Gasteiger partial charge in [0.25, 0.3) is 0 Å². The molecule has 0 bridgehead atoms. The van der Waals surface area contributed by atoms with Crippen molar-refractivity contribution in [2.45, 2.75) is 13.2 Å². The van der Waals surface area contributed by atoms with Gasteiger partial charge in [0.2, 0.25) is 0 Å². The van der Waals surface area contributed by atoms with E-state index in [-0.39, 0.29) is 6.61 Å². The Morgan fingerprint density at radius 1 is 1.19 bits per heavy atom. The van der Waals surface area contributed by atoms with Crippen molar-refractivity contribution in [2.75, 3.05) is 40.5 Å². The van der Waals surface area contributed by atoms with Crippen LogP contribution in [0.1, 0.15) is 11.1 Å². The van der Waals surface area contributed by atoms with Crippen LogP contribution in [-0.4, -0.2) is 60.1 Å². The fraction of sp³-hybridized carbons (Fsp3) is 0.533. The minimum atomic E-state index is -0.00332. The van der Waals surface area contributed by atoms with Crippen molar-refractivity contribution in [2.24, 2.45) is 0 Å². The number of aliphatic hydroxyl groups excluding tert-OH is 1. The Hall–Kier alpha value is -1.47. The third-order valence-electron chi connectivity index (χ3n) is 3.49. The summed E-state index contributed by atoms with van der Waals surface area (Å²) in [7, 11) is 3.41. The Morgan fingerprint density at radius 2 is 1.90 bits per heavy atom. The Balaban J connectivity index is 2.20. The number of hydrogen-bond donors (Lipinski definition) is 1. The number of pyridine rings is 1. The van der Waals surface area contributed by atoms with Crippen molar-refractivity contribution in [3.8, 4) is 0 Å². The monoisotopic (exact) mass is 293 g/mol. The first-order chi connectivity index (χ1) is 10.3. The van der Waals surface area contributed by atoms with Crippen LogP contribution in [0.25, 0.3) is 5.52 Å². The van der Waals surface area contributed by atoms with E-state index in [0.717, 1.165) is 36.3 Å². The van der Waals surface area contributed by atoms with Crippen LogP contribution in [0.3, 0.4) is 0 Å². The summed E-state index contributed by atoms with van der Waals surface area (Å²) in [6.45, 7) is 3.80. The first-order valence-corrected chi connectivity index (χ1v) is 7.05. The van der Waals surface area contributed by atoms with E-state index in [2.05, 4.69) is 16.1 Å². The summed E-state index contributed by atoms with van der Waals surface area (Å²) in [5, 5.41) is 13.7. The van der Waals surface area contributed by atoms with Crippen molar-refractivity contribution >= 4 is 5.52 Å². The van der Waals surface area contributed by atoms with Gasteiger partial charge in [-0.15, -0.1) is 0 Å². The number of nitrogens with zero attached hydrogens (tertiary/aromatic N) is 3. The number of aromatic nitrogens is 2. The normalized spacial score (nSPS) is 11.6. The largest absolute Gasteiger partial charge is 0.392 e. The highest BCUT2D eigenvalue weighted by molar-refractivity contribution is 5.60. The van der Waals surface area contributed by atoms with E-state index in [4.69, 9.17) is 9.47 Å². The summed E-state index contributed by atoms with van der Waals surface area (Å²) in [5.74, 6) is 0. The van der Waals surface area contributed by atoms with Crippen LogP contribution in [0.15, 0.2) is 24.5 Å². The number of rotatable bonds is 9. The summed E-state index contributed by atoms with van der Waals surface area (Å²) in [4.78, 5) is 2.27. The van der Waals surface area contributed by atoms with E-state index in [0.29, 0.717) is 13.2 Å². The number of fused-ring (bicyclic) bond motifs is 1. The molecule has 0 saturated heterocycles. The van der Waals surface area contributed by atoms with E-state index >= 15 is 0 Å². The second kappa shape index (κ2) is 8.09. The zero-order valence-corrected chi connectivity index (χ0v) is 12.7. The van der Waals surface area contributed by atoms with E-state index < -0.39 is 0 Å². The third kappa shape index (κ3) is 4.01. The molecule has 0 spiro atoms. The van der Waals surface area contributed by atoms with Gasteiger partial charge >= 0.3 is 0 Å². The van der Waals surface area contributed by atoms with Crippen molar-refractivity contribution < 1.29 is 14.6 Å². The Morgan fingerprint density at radius 3 is 2.52 bits per heavy atom. The fourth-order valence-electron chi connectivity index (χ4n) is 2.38. The highest BCUT2D eigenvalue weighted by Crippen LogP contribution is 2.18. The van der Waals surface area contributed by atoms with Gasteiger partial charge < -0.3 is 14.6 Å². The van der Waals surface area contributed by atoms with Gasteiger partial charge in [0.15, 0.2) is 0 Å². The predicted octanol–water partition coefficient (Wildman–Crippen LogP) is 0.921. The molecule has 0 aliphatic heterocycles. The topological polar surface area (TPSA) is 59.2 Å². The number of methoxy groups -OCH3 is 2. The third-order valence-corrected chi connectivity index (χ3v) is 3.49. The molecule has 0 radical (unpaired) electrons. The number of aliphatic hydroxyl groups is 1. The van der Waals surface area contributed by atoms with Gasteiger partial charge in [0, 0.05) is 45.6 Å². The summed E-state index contributed by atoms with van der Waals surface area (Å²) >= 11 is 0.